The Balaban J connectivity index is 1.95. The minimum Gasteiger partial charge on any atom is -0.356 e. The molecule has 0 bridgehead atoms. The van der Waals surface area contributed by atoms with Crippen molar-refractivity contribution in [1.82, 2.24) is 25.5 Å². The first-order valence-electron chi connectivity index (χ1n) is 4.73. The van der Waals surface area contributed by atoms with Gasteiger partial charge in [0.15, 0.2) is 5.65 Å². The van der Waals surface area contributed by atoms with Crippen LogP contribution in [0.2, 0.25) is 0 Å². The molecule has 0 aliphatic carbocycles. The molecule has 90 valence electrons. The number of carbonyl (C=O) groups excluding carboxylic acids is 1. The molecule has 2 aromatic rings. The highest BCUT2D eigenvalue weighted by Gasteiger charge is 2.08. The molecule has 9 heteroatoms. The minimum atomic E-state index is -0.421. The first-order chi connectivity index (χ1) is 8.31. The molecule has 0 saturated carbocycles. The van der Waals surface area contributed by atoms with Gasteiger partial charge in [-0.2, -0.15) is 0 Å². The Labute approximate surface area is 100 Å². The highest BCUT2D eigenvalue weighted by atomic mass is 32.2. The molecule has 0 unspecified atom stereocenters. The zero-order valence-electron chi connectivity index (χ0n) is 8.71. The molecule has 0 amide bonds. The maximum Gasteiger partial charge on any atom is 0.327 e. The summed E-state index contributed by atoms with van der Waals surface area (Å²) in [7, 11) is 0. The van der Waals surface area contributed by atoms with Crippen molar-refractivity contribution in [2.24, 2.45) is 5.84 Å². The number of nitrogens with zero attached hydrogens (tertiary/aromatic N) is 3. The Morgan fingerprint density at radius 2 is 2.41 bits per heavy atom. The van der Waals surface area contributed by atoms with Crippen molar-refractivity contribution >= 4 is 28.9 Å². The normalized spacial score (nSPS) is 10.6. The van der Waals surface area contributed by atoms with E-state index in [1.165, 1.54) is 18.1 Å². The van der Waals surface area contributed by atoms with Crippen LogP contribution in [-0.2, 0) is 9.63 Å². The smallest absolute Gasteiger partial charge is 0.327 e. The maximum atomic E-state index is 11.0. The van der Waals surface area contributed by atoms with Crippen LogP contribution >= 0.6 is 11.8 Å². The fraction of sp³-hybridized carbons (Fsp3) is 0.250. The van der Waals surface area contributed by atoms with Gasteiger partial charge >= 0.3 is 5.97 Å². The quantitative estimate of drug-likeness (QED) is 0.289. The second-order valence-electron chi connectivity index (χ2n) is 2.97. The highest BCUT2D eigenvalue weighted by molar-refractivity contribution is 7.99. The second kappa shape index (κ2) is 5.57. The summed E-state index contributed by atoms with van der Waals surface area (Å²) in [5, 5.41) is 0.751. The maximum absolute atomic E-state index is 11.0. The van der Waals surface area contributed by atoms with Gasteiger partial charge in [-0.3, -0.25) is 4.79 Å². The molecule has 0 radical (unpaired) electrons. The number of H-pyrrole nitrogens is 1. The lowest BCUT2D eigenvalue weighted by Gasteiger charge is -2.01. The van der Waals surface area contributed by atoms with E-state index in [0.717, 1.165) is 10.5 Å². The Bertz CT molecular complexity index is 515. The van der Waals surface area contributed by atoms with E-state index in [1.54, 1.807) is 6.33 Å². The van der Waals surface area contributed by atoms with Crippen LogP contribution in [0.25, 0.3) is 11.2 Å². The number of nitrogens with two attached hydrogens (primary N) is 1. The van der Waals surface area contributed by atoms with E-state index in [1.807, 2.05) is 5.59 Å². The second-order valence-corrected chi connectivity index (χ2v) is 4.05. The lowest BCUT2D eigenvalue weighted by Crippen LogP contribution is -2.26. The van der Waals surface area contributed by atoms with E-state index >= 15 is 0 Å². The van der Waals surface area contributed by atoms with Crippen LogP contribution in [0, 0.1) is 0 Å². The minimum absolute atomic E-state index is 0.231. The van der Waals surface area contributed by atoms with Gasteiger partial charge in [0.1, 0.15) is 16.9 Å². The molecule has 17 heavy (non-hydrogen) atoms. The number of fused-ring (bicyclic) bond motifs is 1. The van der Waals surface area contributed by atoms with E-state index in [-0.39, 0.29) is 6.42 Å². The van der Waals surface area contributed by atoms with Crippen LogP contribution in [0.5, 0.6) is 0 Å². The Morgan fingerprint density at radius 3 is 3.24 bits per heavy atom. The van der Waals surface area contributed by atoms with Gasteiger partial charge in [-0.15, -0.1) is 11.8 Å². The summed E-state index contributed by atoms with van der Waals surface area (Å²) in [6, 6.07) is 0. The molecule has 2 heterocycles. The van der Waals surface area contributed by atoms with Crippen LogP contribution < -0.4 is 11.4 Å². The summed E-state index contributed by atoms with van der Waals surface area (Å²) in [6.07, 6.45) is 3.22. The number of aromatic amines is 1. The van der Waals surface area contributed by atoms with Gasteiger partial charge in [0.05, 0.1) is 12.7 Å². The molecule has 0 aliphatic rings. The summed E-state index contributed by atoms with van der Waals surface area (Å²) in [4.78, 5) is 30.5. The van der Waals surface area contributed by atoms with E-state index in [0.29, 0.717) is 11.4 Å². The number of imidazole rings is 1. The summed E-state index contributed by atoms with van der Waals surface area (Å²) >= 11 is 1.42. The number of nitrogens with one attached hydrogen (secondary N) is 2. The third-order valence-corrected chi connectivity index (χ3v) is 2.90. The number of aromatic nitrogens is 4. The molecule has 2 rings (SSSR count). The number of hydrogen-bond acceptors (Lipinski definition) is 8. The summed E-state index contributed by atoms with van der Waals surface area (Å²) in [5.41, 5.74) is 3.21. The van der Waals surface area contributed by atoms with Crippen molar-refractivity contribution in [1.29, 1.82) is 0 Å². The highest BCUT2D eigenvalue weighted by Crippen LogP contribution is 2.22. The first-order valence-corrected chi connectivity index (χ1v) is 5.72. The molecule has 0 saturated heterocycles. The van der Waals surface area contributed by atoms with Gasteiger partial charge in [0.2, 0.25) is 0 Å². The monoisotopic (exact) mass is 254 g/mol. The average Bonchev–Trinajstić information content (AvgIpc) is 2.78. The SMILES string of the molecule is NNOC(=O)CCSc1ncnc2nc[nH]c12. The Morgan fingerprint density at radius 1 is 1.53 bits per heavy atom. The van der Waals surface area contributed by atoms with Gasteiger partial charge < -0.3 is 9.82 Å². The summed E-state index contributed by atoms with van der Waals surface area (Å²) in [5.74, 6) is 4.95. The Hall–Kier alpha value is -1.71. The number of thioether (sulfide) groups is 1. The lowest BCUT2D eigenvalue weighted by molar-refractivity contribution is -0.150. The standard InChI is InChI=1S/C8H10N6O2S/c9-14-16-5(15)1-2-17-8-6-7(11-3-10-6)12-4-13-8/h3-4,14H,1-2,9H2,(H,10,11,12,13). The van der Waals surface area contributed by atoms with Crippen molar-refractivity contribution in [2.45, 2.75) is 11.4 Å². The topological polar surface area (TPSA) is 119 Å². The average molecular weight is 254 g/mol. The third-order valence-electron chi connectivity index (χ3n) is 1.91. The molecule has 8 nitrogen and oxygen atoms in total. The van der Waals surface area contributed by atoms with Crippen LogP contribution in [0.15, 0.2) is 17.7 Å². The Kier molecular flexibility index (Phi) is 3.85. The fourth-order valence-corrected chi connectivity index (χ4v) is 2.08. The zero-order chi connectivity index (χ0) is 12.1. The molecular weight excluding hydrogens is 244 g/mol. The van der Waals surface area contributed by atoms with Crippen molar-refractivity contribution in [3.63, 3.8) is 0 Å². The number of carbonyl (C=O) groups is 1. The van der Waals surface area contributed by atoms with Crippen LogP contribution in [0.3, 0.4) is 0 Å². The fourth-order valence-electron chi connectivity index (χ4n) is 1.20. The number of hydrogen-bond donors (Lipinski definition) is 3. The van der Waals surface area contributed by atoms with Gasteiger partial charge in [0.25, 0.3) is 0 Å². The predicted molar refractivity (Wildman–Crippen MR) is 60.4 cm³/mol. The molecule has 0 spiro atoms. The molecule has 0 aromatic carbocycles. The van der Waals surface area contributed by atoms with Gasteiger partial charge in [0, 0.05) is 5.75 Å². The number of hydrazine groups is 1. The van der Waals surface area contributed by atoms with Crippen molar-refractivity contribution in [3.8, 4) is 0 Å². The summed E-state index contributed by atoms with van der Waals surface area (Å²) < 4.78 is 0. The molecular formula is C8H10N6O2S. The number of rotatable bonds is 5. The van der Waals surface area contributed by atoms with Crippen LogP contribution in [0.1, 0.15) is 6.42 Å². The van der Waals surface area contributed by atoms with Gasteiger partial charge in [-0.25, -0.2) is 20.8 Å². The molecule has 0 atom stereocenters. The first kappa shape index (κ1) is 11.8. The third kappa shape index (κ3) is 2.90. The lowest BCUT2D eigenvalue weighted by atomic mass is 10.5. The molecule has 2 aromatic heterocycles. The van der Waals surface area contributed by atoms with Crippen LogP contribution in [0.4, 0.5) is 0 Å². The summed E-state index contributed by atoms with van der Waals surface area (Å²) in [6.45, 7) is 0. The van der Waals surface area contributed by atoms with E-state index in [4.69, 9.17) is 5.84 Å². The zero-order valence-corrected chi connectivity index (χ0v) is 9.53. The van der Waals surface area contributed by atoms with Gasteiger partial charge in [-0.1, -0.05) is 5.59 Å². The molecule has 0 aliphatic heterocycles. The largest absolute Gasteiger partial charge is 0.356 e. The van der Waals surface area contributed by atoms with E-state index in [9.17, 15) is 4.79 Å². The van der Waals surface area contributed by atoms with Crippen molar-refractivity contribution in [3.05, 3.63) is 12.7 Å². The van der Waals surface area contributed by atoms with Crippen molar-refractivity contribution in [2.75, 3.05) is 5.75 Å². The molecule has 0 fully saturated rings. The molecule has 4 N–H and O–H groups in total. The predicted octanol–water partition coefficient (Wildman–Crippen LogP) is -0.243. The van der Waals surface area contributed by atoms with E-state index in [2.05, 4.69) is 24.8 Å². The van der Waals surface area contributed by atoms with Gasteiger partial charge in [-0.05, 0) is 0 Å². The van der Waals surface area contributed by atoms with E-state index < -0.39 is 5.97 Å². The van der Waals surface area contributed by atoms with Crippen LogP contribution in [-0.4, -0.2) is 31.7 Å². The van der Waals surface area contributed by atoms with Crippen molar-refractivity contribution < 1.29 is 9.63 Å².